The molecule has 1 aliphatic carbocycles. The Bertz CT molecular complexity index is 662. The Morgan fingerprint density at radius 2 is 1.92 bits per heavy atom. The van der Waals surface area contributed by atoms with Gasteiger partial charge in [0.2, 0.25) is 5.91 Å². The van der Waals surface area contributed by atoms with E-state index in [1.807, 2.05) is 25.1 Å². The normalized spacial score (nSPS) is 25.2. The predicted octanol–water partition coefficient (Wildman–Crippen LogP) is 2.05. The summed E-state index contributed by atoms with van der Waals surface area (Å²) < 4.78 is 0.979. The van der Waals surface area contributed by atoms with Gasteiger partial charge in [0.25, 0.3) is 5.91 Å². The largest absolute Gasteiger partial charge is 0.342 e. The number of fused-ring (bicyclic) bond motifs is 1. The summed E-state index contributed by atoms with van der Waals surface area (Å²) in [5.41, 5.74) is 1.76. The van der Waals surface area contributed by atoms with Gasteiger partial charge in [0.05, 0.1) is 19.1 Å². The first-order valence-electron chi connectivity index (χ1n) is 9.70. The van der Waals surface area contributed by atoms with Gasteiger partial charge in [-0.2, -0.15) is 0 Å². The number of hydrogen-bond donors (Lipinski definition) is 3. The molecule has 142 valence electrons. The number of likely N-dealkylation sites (tertiary alicyclic amines) is 1. The van der Waals surface area contributed by atoms with E-state index in [9.17, 15) is 9.59 Å². The summed E-state index contributed by atoms with van der Waals surface area (Å²) in [6.45, 7) is 3.54. The van der Waals surface area contributed by atoms with Gasteiger partial charge in [-0.05, 0) is 62.8 Å². The molecule has 1 saturated heterocycles. The Labute approximate surface area is 164 Å². The third-order valence-electron chi connectivity index (χ3n) is 5.80. The van der Waals surface area contributed by atoms with Crippen LogP contribution in [0.15, 0.2) is 22.7 Å². The van der Waals surface area contributed by atoms with Crippen molar-refractivity contribution < 1.29 is 14.5 Å². The summed E-state index contributed by atoms with van der Waals surface area (Å²) in [5.74, 6) is 0.589. The topological polar surface area (TPSA) is 62.6 Å². The lowest BCUT2D eigenvalue weighted by Crippen LogP contribution is -3.18. The van der Waals surface area contributed by atoms with Crippen molar-refractivity contribution in [2.75, 3.05) is 25.0 Å². The number of aryl methyl sites for hydroxylation is 1. The maximum atomic E-state index is 12.3. The third-order valence-corrected chi connectivity index (χ3v) is 6.30. The van der Waals surface area contributed by atoms with Crippen LogP contribution in [0.3, 0.4) is 0 Å². The minimum absolute atomic E-state index is 0.0195. The van der Waals surface area contributed by atoms with Crippen molar-refractivity contribution in [3.8, 4) is 0 Å². The van der Waals surface area contributed by atoms with Crippen LogP contribution >= 0.6 is 15.9 Å². The molecule has 2 fully saturated rings. The first-order chi connectivity index (χ1) is 12.5. The Morgan fingerprint density at radius 1 is 1.15 bits per heavy atom. The number of carbonyl (C=O) groups is 2. The van der Waals surface area contributed by atoms with Gasteiger partial charge in [-0.3, -0.25) is 9.59 Å². The van der Waals surface area contributed by atoms with Gasteiger partial charge in [0.1, 0.15) is 0 Å². The van der Waals surface area contributed by atoms with E-state index in [4.69, 9.17) is 0 Å². The second-order valence-corrected chi connectivity index (χ2v) is 8.58. The standard InChI is InChI=1S/C20H28BrN3O2/c1-14-11-16(21)8-9-17(14)23-19(25)12-22-20(26)13-24-10-4-6-15-5-2-3-7-18(15)24/h8-9,11,15,18H,2-7,10,12-13H2,1H3,(H,22,26)(H,23,25)/p+1/t15-,18+/m1/s1. The van der Waals surface area contributed by atoms with Crippen LogP contribution in [0, 0.1) is 12.8 Å². The van der Waals surface area contributed by atoms with Gasteiger partial charge >= 0.3 is 0 Å². The Kier molecular flexibility index (Phi) is 6.70. The van der Waals surface area contributed by atoms with E-state index in [0.717, 1.165) is 28.2 Å². The van der Waals surface area contributed by atoms with Crippen molar-refractivity contribution in [3.63, 3.8) is 0 Å². The zero-order valence-electron chi connectivity index (χ0n) is 15.4. The van der Waals surface area contributed by atoms with Crippen LogP contribution in [-0.2, 0) is 9.59 Å². The van der Waals surface area contributed by atoms with Gasteiger partial charge in [-0.1, -0.05) is 22.4 Å². The van der Waals surface area contributed by atoms with Crippen LogP contribution < -0.4 is 15.5 Å². The number of halogens is 1. The van der Waals surface area contributed by atoms with Gasteiger partial charge in [-0.15, -0.1) is 0 Å². The highest BCUT2D eigenvalue weighted by molar-refractivity contribution is 9.10. The zero-order chi connectivity index (χ0) is 18.5. The molecule has 1 unspecified atom stereocenters. The number of amides is 2. The van der Waals surface area contributed by atoms with E-state index in [-0.39, 0.29) is 18.4 Å². The summed E-state index contributed by atoms with van der Waals surface area (Å²) in [5, 5.41) is 5.66. The van der Waals surface area contributed by atoms with E-state index in [1.165, 1.54) is 43.4 Å². The molecule has 2 amide bonds. The first-order valence-corrected chi connectivity index (χ1v) is 10.5. The smallest absolute Gasteiger partial charge is 0.275 e. The summed E-state index contributed by atoms with van der Waals surface area (Å²) in [7, 11) is 0. The van der Waals surface area contributed by atoms with E-state index >= 15 is 0 Å². The summed E-state index contributed by atoms with van der Waals surface area (Å²) in [6, 6.07) is 6.35. The summed E-state index contributed by atoms with van der Waals surface area (Å²) in [6.07, 6.45) is 7.75. The third kappa shape index (κ3) is 5.07. The van der Waals surface area contributed by atoms with Crippen molar-refractivity contribution in [3.05, 3.63) is 28.2 Å². The fourth-order valence-electron chi connectivity index (χ4n) is 4.50. The van der Waals surface area contributed by atoms with Crippen molar-refractivity contribution >= 4 is 33.4 Å². The van der Waals surface area contributed by atoms with Crippen LogP contribution in [0.4, 0.5) is 5.69 Å². The zero-order valence-corrected chi connectivity index (χ0v) is 17.0. The molecule has 2 aliphatic rings. The van der Waals surface area contributed by atoms with Gasteiger partial charge < -0.3 is 15.5 Å². The SMILES string of the molecule is Cc1cc(Br)ccc1NC(=O)CNC(=O)C[NH+]1CCC[C@H]2CCCC[C@@H]21. The molecule has 1 aromatic rings. The molecule has 3 N–H and O–H groups in total. The molecule has 0 spiro atoms. The number of piperidine rings is 1. The molecule has 0 aromatic heterocycles. The second-order valence-electron chi connectivity index (χ2n) is 7.66. The quantitative estimate of drug-likeness (QED) is 0.679. The molecule has 5 nitrogen and oxygen atoms in total. The molecular formula is C20H29BrN3O2+. The Hall–Kier alpha value is -1.40. The summed E-state index contributed by atoms with van der Waals surface area (Å²) in [4.78, 5) is 25.9. The molecule has 0 radical (unpaired) electrons. The van der Waals surface area contributed by atoms with E-state index in [2.05, 4.69) is 26.6 Å². The average Bonchev–Trinajstić information content (AvgIpc) is 2.63. The number of hydrogen-bond acceptors (Lipinski definition) is 2. The maximum absolute atomic E-state index is 12.3. The Balaban J connectivity index is 1.45. The monoisotopic (exact) mass is 422 g/mol. The fraction of sp³-hybridized carbons (Fsp3) is 0.600. The van der Waals surface area contributed by atoms with Crippen LogP contribution in [0.1, 0.15) is 44.1 Å². The van der Waals surface area contributed by atoms with Crippen LogP contribution in [0.5, 0.6) is 0 Å². The van der Waals surface area contributed by atoms with Gasteiger partial charge in [-0.25, -0.2) is 0 Å². The maximum Gasteiger partial charge on any atom is 0.275 e. The minimum Gasteiger partial charge on any atom is -0.342 e. The molecule has 1 saturated carbocycles. The molecule has 1 heterocycles. The minimum atomic E-state index is -0.187. The van der Waals surface area contributed by atoms with Crippen molar-refractivity contribution in [2.45, 2.75) is 51.5 Å². The number of rotatable bonds is 5. The lowest BCUT2D eigenvalue weighted by atomic mass is 9.78. The molecule has 1 aromatic carbocycles. The molecular weight excluding hydrogens is 394 g/mol. The summed E-state index contributed by atoms with van der Waals surface area (Å²) >= 11 is 3.41. The number of nitrogens with one attached hydrogen (secondary N) is 3. The molecule has 0 bridgehead atoms. The Morgan fingerprint density at radius 3 is 2.73 bits per heavy atom. The average molecular weight is 423 g/mol. The number of anilines is 1. The van der Waals surface area contributed by atoms with Crippen LogP contribution in [-0.4, -0.2) is 37.5 Å². The molecule has 3 rings (SSSR count). The van der Waals surface area contributed by atoms with Gasteiger partial charge in [0, 0.05) is 16.1 Å². The van der Waals surface area contributed by atoms with Crippen molar-refractivity contribution in [1.82, 2.24) is 5.32 Å². The molecule has 26 heavy (non-hydrogen) atoms. The molecule has 6 heteroatoms. The van der Waals surface area contributed by atoms with Crippen LogP contribution in [0.25, 0.3) is 0 Å². The van der Waals surface area contributed by atoms with E-state index in [0.29, 0.717) is 12.6 Å². The second kappa shape index (κ2) is 9.00. The number of quaternary nitrogens is 1. The highest BCUT2D eigenvalue weighted by Crippen LogP contribution is 2.28. The fourth-order valence-corrected chi connectivity index (χ4v) is 4.97. The molecule has 1 aliphatic heterocycles. The highest BCUT2D eigenvalue weighted by Gasteiger charge is 2.37. The number of carbonyl (C=O) groups excluding carboxylic acids is 2. The van der Waals surface area contributed by atoms with E-state index in [1.54, 1.807) is 0 Å². The van der Waals surface area contributed by atoms with Crippen molar-refractivity contribution in [1.29, 1.82) is 0 Å². The predicted molar refractivity (Wildman–Crippen MR) is 106 cm³/mol. The lowest BCUT2D eigenvalue weighted by molar-refractivity contribution is -0.928. The first kappa shape index (κ1) is 19.4. The lowest BCUT2D eigenvalue weighted by Gasteiger charge is -2.40. The van der Waals surface area contributed by atoms with Crippen LogP contribution in [0.2, 0.25) is 0 Å². The van der Waals surface area contributed by atoms with Crippen molar-refractivity contribution in [2.24, 2.45) is 5.92 Å². The molecule has 3 atom stereocenters. The highest BCUT2D eigenvalue weighted by atomic mass is 79.9. The number of benzene rings is 1. The van der Waals surface area contributed by atoms with E-state index < -0.39 is 0 Å². The van der Waals surface area contributed by atoms with Gasteiger partial charge in [0.15, 0.2) is 6.54 Å².